The van der Waals surface area contributed by atoms with E-state index in [2.05, 4.69) is 5.32 Å². The molecule has 2 aliphatic heterocycles. The number of ether oxygens (including phenoxy) is 2. The monoisotopic (exact) mass is 646 g/mol. The number of aliphatic hydroxyl groups excluding tert-OH is 3. The van der Waals surface area contributed by atoms with Gasteiger partial charge in [0.25, 0.3) is 5.60 Å². The number of epoxide rings is 1. The SMILES string of the molecule is CC(CCC1CCNC(N)C1)=C(CO)CC12OC1(C(=O)OC(CCCO)C(O)CCC1CCCCC1)C(=O)C1CCCCC1C2=O. The van der Waals surface area contributed by atoms with Gasteiger partial charge in [0, 0.05) is 24.9 Å². The van der Waals surface area contributed by atoms with Gasteiger partial charge in [0.2, 0.25) is 0 Å². The molecule has 5 fully saturated rings. The second-order valence-corrected chi connectivity index (χ2v) is 15.0. The van der Waals surface area contributed by atoms with Crippen molar-refractivity contribution in [1.82, 2.24) is 5.32 Å². The van der Waals surface area contributed by atoms with Gasteiger partial charge < -0.3 is 35.8 Å². The van der Waals surface area contributed by atoms with Crippen molar-refractivity contribution in [2.24, 2.45) is 29.4 Å². The summed E-state index contributed by atoms with van der Waals surface area (Å²) >= 11 is 0. The average Bonchev–Trinajstić information content (AvgIpc) is 3.78. The third kappa shape index (κ3) is 7.32. The summed E-state index contributed by atoms with van der Waals surface area (Å²) in [5.41, 5.74) is 3.89. The van der Waals surface area contributed by atoms with Gasteiger partial charge in [-0.1, -0.05) is 50.5 Å². The number of carbonyl (C=O) groups is 3. The van der Waals surface area contributed by atoms with Crippen LogP contribution in [0.3, 0.4) is 0 Å². The van der Waals surface area contributed by atoms with E-state index in [0.717, 1.165) is 63.5 Å². The van der Waals surface area contributed by atoms with Crippen LogP contribution in [0.2, 0.25) is 0 Å². The van der Waals surface area contributed by atoms with Gasteiger partial charge in [-0.25, -0.2) is 4.79 Å². The van der Waals surface area contributed by atoms with Crippen LogP contribution in [-0.2, 0) is 23.9 Å². The fourth-order valence-corrected chi connectivity index (χ4v) is 9.03. The molecule has 0 spiro atoms. The molecule has 8 atom stereocenters. The van der Waals surface area contributed by atoms with Crippen LogP contribution in [0, 0.1) is 23.7 Å². The molecule has 3 aliphatic carbocycles. The maximum absolute atomic E-state index is 14.3. The number of nitrogens with one attached hydrogen (secondary N) is 1. The minimum absolute atomic E-state index is 0.0213. The molecule has 0 radical (unpaired) electrons. The highest BCUT2D eigenvalue weighted by Gasteiger charge is 2.87. The van der Waals surface area contributed by atoms with E-state index in [1.165, 1.54) is 19.3 Å². The summed E-state index contributed by atoms with van der Waals surface area (Å²) in [6.07, 6.45) is 12.1. The van der Waals surface area contributed by atoms with Crippen LogP contribution < -0.4 is 11.1 Å². The van der Waals surface area contributed by atoms with Crippen molar-refractivity contribution in [2.45, 2.75) is 152 Å². The number of nitrogens with two attached hydrogens (primary N) is 1. The number of rotatable bonds is 15. The molecule has 3 saturated carbocycles. The summed E-state index contributed by atoms with van der Waals surface area (Å²) in [7, 11) is 0. The maximum Gasteiger partial charge on any atom is 0.350 e. The molecule has 8 unspecified atom stereocenters. The smallest absolute Gasteiger partial charge is 0.350 e. The molecule has 260 valence electrons. The highest BCUT2D eigenvalue weighted by molar-refractivity contribution is 6.23. The predicted molar refractivity (Wildman–Crippen MR) is 172 cm³/mol. The Bertz CT molecular complexity index is 1120. The van der Waals surface area contributed by atoms with E-state index in [4.69, 9.17) is 15.2 Å². The second-order valence-electron chi connectivity index (χ2n) is 15.0. The number of fused-ring (bicyclic) bond motifs is 2. The van der Waals surface area contributed by atoms with Crippen molar-refractivity contribution >= 4 is 17.5 Å². The molecule has 2 heterocycles. The number of aliphatic hydroxyl groups is 3. The lowest BCUT2D eigenvalue weighted by atomic mass is 9.60. The third-order valence-corrected chi connectivity index (χ3v) is 12.0. The number of hydrogen-bond donors (Lipinski definition) is 5. The molecule has 10 heteroatoms. The summed E-state index contributed by atoms with van der Waals surface area (Å²) in [6.45, 7) is 2.39. The van der Waals surface area contributed by atoms with E-state index in [0.29, 0.717) is 49.5 Å². The zero-order chi connectivity index (χ0) is 32.9. The first-order valence-corrected chi connectivity index (χ1v) is 18.2. The zero-order valence-corrected chi connectivity index (χ0v) is 27.9. The Balaban J connectivity index is 1.36. The molecule has 0 aromatic carbocycles. The molecule has 10 nitrogen and oxygen atoms in total. The topological polar surface area (TPSA) is 172 Å². The van der Waals surface area contributed by atoms with Gasteiger partial charge in [-0.05, 0) is 95.1 Å². The second kappa shape index (κ2) is 15.7. The molecular formula is C36H58N2O8. The average molecular weight is 647 g/mol. The summed E-state index contributed by atoms with van der Waals surface area (Å²) in [5, 5.41) is 34.6. The van der Waals surface area contributed by atoms with Crippen molar-refractivity contribution in [3.05, 3.63) is 11.1 Å². The molecular weight excluding hydrogens is 588 g/mol. The Morgan fingerprint density at radius 1 is 0.978 bits per heavy atom. The predicted octanol–water partition coefficient (Wildman–Crippen LogP) is 3.62. The van der Waals surface area contributed by atoms with Crippen molar-refractivity contribution in [3.63, 3.8) is 0 Å². The quantitative estimate of drug-likeness (QED) is 0.0766. The fourth-order valence-electron chi connectivity index (χ4n) is 9.03. The number of hydrogen-bond acceptors (Lipinski definition) is 10. The van der Waals surface area contributed by atoms with E-state index >= 15 is 0 Å². The Hall–Kier alpha value is -1.69. The molecule has 0 amide bonds. The van der Waals surface area contributed by atoms with Gasteiger partial charge >= 0.3 is 5.97 Å². The molecule has 46 heavy (non-hydrogen) atoms. The van der Waals surface area contributed by atoms with Crippen molar-refractivity contribution in [2.75, 3.05) is 19.8 Å². The van der Waals surface area contributed by atoms with Crippen LogP contribution in [0.4, 0.5) is 0 Å². The highest BCUT2D eigenvalue weighted by atomic mass is 16.7. The number of Topliss-reactive ketones (excluding diaryl/α,β-unsaturated/α-hetero) is 2. The van der Waals surface area contributed by atoms with E-state index in [1.807, 2.05) is 6.92 Å². The number of piperidine rings is 1. The lowest BCUT2D eigenvalue weighted by Gasteiger charge is -2.37. The molecule has 2 saturated heterocycles. The Morgan fingerprint density at radius 3 is 2.35 bits per heavy atom. The minimum atomic E-state index is -2.06. The van der Waals surface area contributed by atoms with Gasteiger partial charge in [-0.15, -0.1) is 0 Å². The fraction of sp³-hybridized carbons (Fsp3) is 0.861. The van der Waals surface area contributed by atoms with E-state index in [9.17, 15) is 29.7 Å². The summed E-state index contributed by atoms with van der Waals surface area (Å²) in [6, 6.07) is 0. The molecule has 0 aromatic heterocycles. The Morgan fingerprint density at radius 2 is 1.67 bits per heavy atom. The van der Waals surface area contributed by atoms with Crippen LogP contribution in [-0.4, -0.2) is 82.2 Å². The molecule has 6 N–H and O–H groups in total. The number of ketones is 2. The Labute approximate surface area is 274 Å². The summed E-state index contributed by atoms with van der Waals surface area (Å²) in [4.78, 5) is 42.7. The van der Waals surface area contributed by atoms with Gasteiger partial charge in [0.1, 0.15) is 6.10 Å². The standard InChI is InChI=1S/C36H58N2O8/c1-23(13-14-25-17-18-38-31(37)20-25)26(22-40)21-35-32(42)27-10-5-6-11-28(27)33(43)36(35,46-35)34(44)45-30(12-7-19-39)29(41)16-15-24-8-3-2-4-9-24/h24-25,27-31,38-41H,2-22,37H2,1H3. The van der Waals surface area contributed by atoms with Gasteiger partial charge in [0.15, 0.2) is 17.2 Å². The van der Waals surface area contributed by atoms with Crippen LogP contribution in [0.25, 0.3) is 0 Å². The largest absolute Gasteiger partial charge is 0.457 e. The van der Waals surface area contributed by atoms with Crippen LogP contribution in [0.15, 0.2) is 11.1 Å². The maximum atomic E-state index is 14.3. The van der Waals surface area contributed by atoms with Crippen molar-refractivity contribution in [1.29, 1.82) is 0 Å². The lowest BCUT2D eigenvalue weighted by Crippen LogP contribution is -2.59. The van der Waals surface area contributed by atoms with Gasteiger partial charge in [-0.3, -0.25) is 9.59 Å². The molecule has 5 rings (SSSR count). The summed E-state index contributed by atoms with van der Waals surface area (Å²) < 4.78 is 12.2. The molecule has 5 aliphatic rings. The number of allylic oxidation sites excluding steroid dienone is 1. The van der Waals surface area contributed by atoms with Crippen LogP contribution in [0.5, 0.6) is 0 Å². The summed E-state index contributed by atoms with van der Waals surface area (Å²) in [5.74, 6) is -1.64. The van der Waals surface area contributed by atoms with Crippen molar-refractivity contribution < 1.29 is 39.2 Å². The first kappa shape index (κ1) is 35.6. The number of esters is 1. The normalized spacial score (nSPS) is 35.1. The van der Waals surface area contributed by atoms with E-state index in [1.54, 1.807) is 0 Å². The molecule has 0 bridgehead atoms. The number of carbonyl (C=O) groups excluding carboxylic acids is 3. The van der Waals surface area contributed by atoms with Gasteiger partial charge in [0.05, 0.1) is 18.9 Å². The lowest BCUT2D eigenvalue weighted by molar-refractivity contribution is -0.168. The Kier molecular flexibility index (Phi) is 12.1. The van der Waals surface area contributed by atoms with Crippen LogP contribution >= 0.6 is 0 Å². The first-order chi connectivity index (χ1) is 22.2. The zero-order valence-electron chi connectivity index (χ0n) is 27.9. The first-order valence-electron chi connectivity index (χ1n) is 18.2. The van der Waals surface area contributed by atoms with E-state index in [-0.39, 0.29) is 38.0 Å². The minimum Gasteiger partial charge on any atom is -0.457 e. The molecule has 0 aromatic rings. The van der Waals surface area contributed by atoms with Crippen LogP contribution in [0.1, 0.15) is 122 Å². The van der Waals surface area contributed by atoms with Gasteiger partial charge in [-0.2, -0.15) is 0 Å². The third-order valence-electron chi connectivity index (χ3n) is 12.0. The van der Waals surface area contributed by atoms with E-state index < -0.39 is 47.0 Å². The van der Waals surface area contributed by atoms with Crippen molar-refractivity contribution in [3.8, 4) is 0 Å². The highest BCUT2D eigenvalue weighted by Crippen LogP contribution is 2.62.